The third kappa shape index (κ3) is 1.50. The molecule has 10 heavy (non-hydrogen) atoms. The van der Waals surface area contributed by atoms with Gasteiger partial charge in [-0.25, -0.2) is 0 Å². The molecule has 0 heterocycles. The van der Waals surface area contributed by atoms with E-state index < -0.39 is 0 Å². The largest absolute Gasteiger partial charge is 0.629 e. The summed E-state index contributed by atoms with van der Waals surface area (Å²) in [5.74, 6) is 0. The normalized spacial score (nSPS) is 13.1. The molecule has 0 saturated carbocycles. The van der Waals surface area contributed by atoms with Crippen molar-refractivity contribution in [3.8, 4) is 0 Å². The van der Waals surface area contributed by atoms with Crippen LogP contribution in [0.4, 0.5) is 5.69 Å². The third-order valence-corrected chi connectivity index (χ3v) is 1.67. The second-order valence-electron chi connectivity index (χ2n) is 2.07. The fraction of sp³-hybridized carbons (Fsp3) is 0.143. The Morgan fingerprint density at radius 2 is 2.00 bits per heavy atom. The summed E-state index contributed by atoms with van der Waals surface area (Å²) < 4.78 is 0. The summed E-state index contributed by atoms with van der Waals surface area (Å²) in [6.45, 7) is 0. The van der Waals surface area contributed by atoms with Crippen molar-refractivity contribution < 1.29 is 5.06 Å². The SMILES string of the molecule is C[NH+]([O-])c1ccccc1S. The highest BCUT2D eigenvalue weighted by atomic mass is 32.1. The Bertz CT molecular complexity index is 225. The fourth-order valence-electron chi connectivity index (χ4n) is 0.771. The van der Waals surface area contributed by atoms with Gasteiger partial charge in [0.1, 0.15) is 5.69 Å². The van der Waals surface area contributed by atoms with E-state index in [1.165, 1.54) is 7.05 Å². The Balaban J connectivity index is 3.03. The van der Waals surface area contributed by atoms with Crippen LogP contribution in [0.3, 0.4) is 0 Å². The van der Waals surface area contributed by atoms with Crippen LogP contribution in [0.1, 0.15) is 0 Å². The predicted molar refractivity (Wildman–Crippen MR) is 43.6 cm³/mol. The molecule has 0 aliphatic rings. The third-order valence-electron chi connectivity index (χ3n) is 1.28. The molecular weight excluding hydrogens is 146 g/mol. The Kier molecular flexibility index (Phi) is 2.32. The van der Waals surface area contributed by atoms with E-state index in [0.717, 1.165) is 4.90 Å². The average Bonchev–Trinajstić information content (AvgIpc) is 1.88. The first-order valence-corrected chi connectivity index (χ1v) is 3.45. The molecule has 0 aliphatic carbocycles. The van der Waals surface area contributed by atoms with E-state index >= 15 is 0 Å². The Hall–Kier alpha value is -0.510. The van der Waals surface area contributed by atoms with Gasteiger partial charge in [-0.05, 0) is 6.07 Å². The number of hydroxylamine groups is 1. The topological polar surface area (TPSA) is 27.5 Å². The quantitative estimate of drug-likeness (QED) is 0.451. The van der Waals surface area contributed by atoms with Crippen LogP contribution >= 0.6 is 12.6 Å². The van der Waals surface area contributed by atoms with E-state index in [0.29, 0.717) is 5.69 Å². The first-order valence-electron chi connectivity index (χ1n) is 3.01. The number of quaternary nitrogens is 1. The molecular formula is C7H9NOS. The van der Waals surface area contributed by atoms with E-state index in [9.17, 15) is 5.21 Å². The fourth-order valence-corrected chi connectivity index (χ4v) is 1.09. The molecule has 2 nitrogen and oxygen atoms in total. The van der Waals surface area contributed by atoms with Crippen LogP contribution < -0.4 is 5.06 Å². The monoisotopic (exact) mass is 155 g/mol. The highest BCUT2D eigenvalue weighted by molar-refractivity contribution is 7.80. The molecule has 0 amide bonds. The van der Waals surface area contributed by atoms with Gasteiger partial charge in [0.25, 0.3) is 0 Å². The van der Waals surface area contributed by atoms with Gasteiger partial charge in [0.2, 0.25) is 0 Å². The van der Waals surface area contributed by atoms with Gasteiger partial charge in [-0.2, -0.15) is 0 Å². The molecule has 1 N–H and O–H groups in total. The minimum absolute atomic E-state index is 0.0607. The molecule has 0 spiro atoms. The molecule has 1 aromatic rings. The molecule has 1 atom stereocenters. The first kappa shape index (κ1) is 7.60. The maximum atomic E-state index is 10.8. The Morgan fingerprint density at radius 3 is 2.40 bits per heavy atom. The van der Waals surface area contributed by atoms with Gasteiger partial charge in [-0.3, -0.25) is 0 Å². The smallest absolute Gasteiger partial charge is 0.144 e. The van der Waals surface area contributed by atoms with Crippen LogP contribution in [-0.2, 0) is 0 Å². The number of para-hydroxylation sites is 1. The lowest BCUT2D eigenvalue weighted by atomic mass is 10.3. The van der Waals surface area contributed by atoms with Crippen LogP contribution in [0.25, 0.3) is 0 Å². The minimum Gasteiger partial charge on any atom is -0.629 e. The average molecular weight is 155 g/mol. The summed E-state index contributed by atoms with van der Waals surface area (Å²) in [7, 11) is 1.54. The first-order chi connectivity index (χ1) is 4.72. The molecule has 1 rings (SSSR count). The number of rotatable bonds is 1. The lowest BCUT2D eigenvalue weighted by Crippen LogP contribution is -2.98. The summed E-state index contributed by atoms with van der Waals surface area (Å²) >= 11 is 4.12. The number of hydrogen-bond donors (Lipinski definition) is 2. The summed E-state index contributed by atoms with van der Waals surface area (Å²) in [5.41, 5.74) is 0.686. The van der Waals surface area contributed by atoms with E-state index in [4.69, 9.17) is 0 Å². The zero-order valence-electron chi connectivity index (χ0n) is 5.66. The molecule has 0 aliphatic heterocycles. The highest BCUT2D eigenvalue weighted by Crippen LogP contribution is 2.13. The second kappa shape index (κ2) is 3.05. The van der Waals surface area contributed by atoms with Gasteiger partial charge in [-0.1, -0.05) is 12.1 Å². The van der Waals surface area contributed by atoms with Crippen LogP contribution in [0, 0.1) is 5.21 Å². The molecule has 1 aromatic carbocycles. The summed E-state index contributed by atoms with van der Waals surface area (Å²) in [6, 6.07) is 7.26. The lowest BCUT2D eigenvalue weighted by Gasteiger charge is -2.16. The molecule has 0 bridgehead atoms. The van der Waals surface area contributed by atoms with Crippen molar-refractivity contribution in [3.05, 3.63) is 29.5 Å². The van der Waals surface area contributed by atoms with Crippen LogP contribution in [0.15, 0.2) is 29.2 Å². The number of thiol groups is 1. The standard InChI is InChI=1S/C7H9NOS/c1-8(9)6-4-2-3-5-7(6)10/h2-5,8,10H,1H3. The molecule has 1 unspecified atom stereocenters. The zero-order chi connectivity index (χ0) is 7.56. The van der Waals surface area contributed by atoms with E-state index in [-0.39, 0.29) is 5.06 Å². The van der Waals surface area contributed by atoms with Crippen molar-refractivity contribution in [3.63, 3.8) is 0 Å². The van der Waals surface area contributed by atoms with Gasteiger partial charge >= 0.3 is 0 Å². The van der Waals surface area contributed by atoms with Crippen molar-refractivity contribution in [1.29, 1.82) is 0 Å². The van der Waals surface area contributed by atoms with Gasteiger partial charge in [0, 0.05) is 6.07 Å². The number of nitrogens with one attached hydrogen (secondary N) is 1. The second-order valence-corrected chi connectivity index (χ2v) is 2.56. The molecule has 0 aromatic heterocycles. The summed E-state index contributed by atoms with van der Waals surface area (Å²) in [6.07, 6.45) is 0. The maximum Gasteiger partial charge on any atom is 0.144 e. The Morgan fingerprint density at radius 1 is 1.40 bits per heavy atom. The van der Waals surface area contributed by atoms with Crippen LogP contribution in [0.5, 0.6) is 0 Å². The van der Waals surface area contributed by atoms with Crippen molar-refractivity contribution >= 4 is 18.3 Å². The number of benzene rings is 1. The van der Waals surface area contributed by atoms with Crippen molar-refractivity contribution in [1.82, 2.24) is 0 Å². The van der Waals surface area contributed by atoms with Crippen molar-refractivity contribution in [2.45, 2.75) is 4.90 Å². The van der Waals surface area contributed by atoms with Crippen molar-refractivity contribution in [2.24, 2.45) is 0 Å². The predicted octanol–water partition coefficient (Wildman–Crippen LogP) is 0.619. The van der Waals surface area contributed by atoms with E-state index in [1.807, 2.05) is 12.1 Å². The van der Waals surface area contributed by atoms with Gasteiger partial charge < -0.3 is 10.3 Å². The van der Waals surface area contributed by atoms with E-state index in [2.05, 4.69) is 12.6 Å². The maximum absolute atomic E-state index is 10.8. The number of hydrogen-bond acceptors (Lipinski definition) is 2. The van der Waals surface area contributed by atoms with Crippen molar-refractivity contribution in [2.75, 3.05) is 7.05 Å². The van der Waals surface area contributed by atoms with E-state index in [1.54, 1.807) is 12.1 Å². The summed E-state index contributed by atoms with van der Waals surface area (Å²) in [4.78, 5) is 0.745. The van der Waals surface area contributed by atoms with Crippen LogP contribution in [0.2, 0.25) is 0 Å². The molecule has 54 valence electrons. The van der Waals surface area contributed by atoms with Gasteiger partial charge in [0.05, 0.1) is 11.9 Å². The Labute approximate surface area is 65.5 Å². The summed E-state index contributed by atoms with van der Waals surface area (Å²) in [5, 5.41) is 10.9. The van der Waals surface area contributed by atoms with Crippen LogP contribution in [-0.4, -0.2) is 7.05 Å². The lowest BCUT2D eigenvalue weighted by molar-refractivity contribution is -0.753. The molecule has 0 fully saturated rings. The van der Waals surface area contributed by atoms with Gasteiger partial charge in [-0.15, -0.1) is 12.6 Å². The highest BCUT2D eigenvalue weighted by Gasteiger charge is 1.99. The molecule has 0 radical (unpaired) electrons. The van der Waals surface area contributed by atoms with Gasteiger partial charge in [0.15, 0.2) is 0 Å². The minimum atomic E-state index is 0.0607. The molecule has 0 saturated heterocycles. The molecule has 3 heteroatoms. The zero-order valence-corrected chi connectivity index (χ0v) is 6.56.